The molecule has 6 rings (SSSR count). The largest absolute Gasteiger partial charge is 0.480 e. The van der Waals surface area contributed by atoms with Crippen LogP contribution in [-0.2, 0) is 24.1 Å². The van der Waals surface area contributed by atoms with Gasteiger partial charge in [0.15, 0.2) is 0 Å². The van der Waals surface area contributed by atoms with Crippen molar-refractivity contribution in [2.45, 2.75) is 36.1 Å². The van der Waals surface area contributed by atoms with Gasteiger partial charge < -0.3 is 5.11 Å². The first-order chi connectivity index (χ1) is 14.6. The molecule has 2 aromatic carbocycles. The first kappa shape index (κ1) is 20.5. The topological polar surface area (TPSA) is 74.7 Å². The predicted molar refractivity (Wildman–Crippen MR) is 116 cm³/mol. The molecule has 1 heterocycles. The third-order valence-electron chi connectivity index (χ3n) is 6.91. The van der Waals surface area contributed by atoms with Crippen molar-refractivity contribution in [1.29, 1.82) is 0 Å². The second kappa shape index (κ2) is 6.57. The Morgan fingerprint density at radius 3 is 1.55 bits per heavy atom. The molecule has 1 aliphatic heterocycles. The number of aliphatic carboxylic acids is 1. The molecule has 7 heteroatoms. The number of rotatable bonds is 4. The molecule has 0 radical (unpaired) electrons. The van der Waals surface area contributed by atoms with E-state index in [-0.39, 0.29) is 12.3 Å². The lowest BCUT2D eigenvalue weighted by atomic mass is 9.54. The van der Waals surface area contributed by atoms with Gasteiger partial charge in [0.05, 0.1) is 11.8 Å². The summed E-state index contributed by atoms with van der Waals surface area (Å²) < 4.78 is 0. The summed E-state index contributed by atoms with van der Waals surface area (Å²) in [5.74, 6) is -4.30. The number of imide groups is 1. The minimum absolute atomic E-state index is 0.0228. The highest BCUT2D eigenvalue weighted by molar-refractivity contribution is 6.36. The predicted octanol–water partition coefficient (Wildman–Crippen LogP) is 4.08. The van der Waals surface area contributed by atoms with Crippen LogP contribution in [0.2, 0.25) is 0 Å². The zero-order chi connectivity index (χ0) is 22.3. The maximum absolute atomic E-state index is 13.7. The number of nitrogens with zero attached hydrogens (tertiary/aromatic N) is 1. The number of hydrogen-bond acceptors (Lipinski definition) is 3. The number of halogens is 2. The zero-order valence-corrected chi connectivity index (χ0v) is 18.5. The highest BCUT2D eigenvalue weighted by Crippen LogP contribution is 2.69. The Hall–Kier alpha value is -2.37. The van der Waals surface area contributed by atoms with Gasteiger partial charge in [-0.15, -0.1) is 23.2 Å². The molecule has 0 unspecified atom stereocenters. The van der Waals surface area contributed by atoms with Crippen LogP contribution < -0.4 is 0 Å². The number of hydrogen-bond donors (Lipinski definition) is 1. The molecule has 4 aliphatic rings. The van der Waals surface area contributed by atoms with Gasteiger partial charge in [0, 0.05) is 0 Å². The van der Waals surface area contributed by atoms with E-state index in [0.717, 1.165) is 4.90 Å². The molecule has 2 amide bonds. The Morgan fingerprint density at radius 2 is 1.26 bits per heavy atom. The minimum Gasteiger partial charge on any atom is -0.480 e. The summed E-state index contributed by atoms with van der Waals surface area (Å²) in [6, 6.07) is 13.4. The third-order valence-corrected chi connectivity index (χ3v) is 8.20. The van der Waals surface area contributed by atoms with E-state index >= 15 is 0 Å². The van der Waals surface area contributed by atoms with Crippen LogP contribution >= 0.6 is 23.2 Å². The van der Waals surface area contributed by atoms with Crippen molar-refractivity contribution in [3.05, 3.63) is 70.8 Å². The molecule has 31 heavy (non-hydrogen) atoms. The lowest BCUT2D eigenvalue weighted by molar-refractivity contribution is -0.155. The number of amides is 2. The average molecular weight is 458 g/mol. The van der Waals surface area contributed by atoms with Gasteiger partial charge in [-0.1, -0.05) is 62.4 Å². The normalized spacial score (nSPS) is 31.5. The number of carboxylic acids is 1. The van der Waals surface area contributed by atoms with Gasteiger partial charge in [-0.2, -0.15) is 0 Å². The van der Waals surface area contributed by atoms with E-state index in [2.05, 4.69) is 0 Å². The second-order valence-corrected chi connectivity index (χ2v) is 10.2. The number of carbonyl (C=O) groups is 3. The molecule has 0 spiro atoms. The van der Waals surface area contributed by atoms with Gasteiger partial charge in [0.25, 0.3) is 0 Å². The summed E-state index contributed by atoms with van der Waals surface area (Å²) in [4.78, 5) is 37.9. The number of likely N-dealkylation sites (tertiary alicyclic amines) is 1. The smallest absolute Gasteiger partial charge is 0.326 e. The van der Waals surface area contributed by atoms with Crippen LogP contribution in [0.4, 0.5) is 0 Å². The Balaban J connectivity index is 1.78. The van der Waals surface area contributed by atoms with Crippen molar-refractivity contribution in [2.75, 3.05) is 0 Å². The van der Waals surface area contributed by atoms with E-state index < -0.39 is 45.4 Å². The van der Waals surface area contributed by atoms with E-state index in [0.29, 0.717) is 22.3 Å². The van der Waals surface area contributed by atoms with E-state index in [1.165, 1.54) is 0 Å². The Kier molecular flexibility index (Phi) is 4.35. The molecule has 0 saturated carbocycles. The second-order valence-electron chi connectivity index (χ2n) is 9.00. The molecule has 1 fully saturated rings. The van der Waals surface area contributed by atoms with E-state index in [9.17, 15) is 19.5 Å². The van der Waals surface area contributed by atoms with Crippen molar-refractivity contribution in [2.24, 2.45) is 17.8 Å². The van der Waals surface area contributed by atoms with Gasteiger partial charge in [0.1, 0.15) is 15.8 Å². The fraction of sp³-hybridized carbons (Fsp3) is 0.375. The zero-order valence-electron chi connectivity index (χ0n) is 17.0. The van der Waals surface area contributed by atoms with Gasteiger partial charge in [-0.25, -0.2) is 4.79 Å². The van der Waals surface area contributed by atoms with Crippen molar-refractivity contribution < 1.29 is 19.5 Å². The fourth-order valence-corrected chi connectivity index (χ4v) is 6.86. The molecular weight excluding hydrogens is 437 g/mol. The first-order valence-corrected chi connectivity index (χ1v) is 11.1. The lowest BCUT2D eigenvalue weighted by Gasteiger charge is -2.54. The van der Waals surface area contributed by atoms with Gasteiger partial charge >= 0.3 is 5.97 Å². The number of alkyl halides is 2. The number of carbonyl (C=O) groups excluding carboxylic acids is 2. The van der Waals surface area contributed by atoms with Crippen LogP contribution in [0.25, 0.3) is 0 Å². The third kappa shape index (κ3) is 2.36. The summed E-state index contributed by atoms with van der Waals surface area (Å²) in [5, 5.41) is 9.86. The molecule has 3 aliphatic carbocycles. The van der Waals surface area contributed by atoms with Crippen molar-refractivity contribution in [1.82, 2.24) is 4.90 Å². The molecule has 160 valence electrons. The van der Waals surface area contributed by atoms with Crippen LogP contribution in [0, 0.1) is 17.8 Å². The van der Waals surface area contributed by atoms with Crippen molar-refractivity contribution in [3.63, 3.8) is 0 Å². The maximum Gasteiger partial charge on any atom is 0.326 e. The first-order valence-electron chi connectivity index (χ1n) is 10.3. The molecule has 0 aromatic heterocycles. The maximum atomic E-state index is 13.7. The van der Waals surface area contributed by atoms with E-state index in [1.807, 2.05) is 62.4 Å². The SMILES string of the molecule is CC(C)C[C@H](C(=O)O)N1C(=O)[C@@H]2[C@@H](C1=O)C1(Cl)c3ccccc3C2(Cl)c2ccccc21. The van der Waals surface area contributed by atoms with Gasteiger partial charge in [-0.05, 0) is 34.6 Å². The van der Waals surface area contributed by atoms with Gasteiger partial charge in [-0.3, -0.25) is 14.5 Å². The number of benzene rings is 2. The van der Waals surface area contributed by atoms with E-state index in [4.69, 9.17) is 23.2 Å². The monoisotopic (exact) mass is 457 g/mol. The van der Waals surface area contributed by atoms with E-state index in [1.54, 1.807) is 0 Å². The highest BCUT2D eigenvalue weighted by Gasteiger charge is 2.73. The molecule has 2 aromatic rings. The fourth-order valence-electron chi connectivity index (χ4n) is 5.76. The number of carboxylic acid groups (broad SMARTS) is 1. The Morgan fingerprint density at radius 1 is 0.903 bits per heavy atom. The summed E-state index contributed by atoms with van der Waals surface area (Å²) in [7, 11) is 0. The van der Waals surface area contributed by atoms with Crippen LogP contribution in [0.3, 0.4) is 0 Å². The van der Waals surface area contributed by atoms with Crippen LogP contribution in [0.15, 0.2) is 48.5 Å². The summed E-state index contributed by atoms with van der Waals surface area (Å²) in [5.41, 5.74) is 2.80. The van der Waals surface area contributed by atoms with Crippen LogP contribution in [0.1, 0.15) is 42.5 Å². The molecule has 2 bridgehead atoms. The summed E-state index contributed by atoms with van der Waals surface area (Å²) >= 11 is 14.7. The average Bonchev–Trinajstić information content (AvgIpc) is 3.01. The minimum atomic E-state index is -1.29. The Labute approximate surface area is 189 Å². The standard InChI is InChI=1S/C24H21Cl2NO4/c1-12(2)11-17(22(30)31)27-20(28)18-19(21(27)29)24(26)14-8-4-3-7-13(14)23(18,25)15-9-5-6-10-16(15)24/h3-10,12,17-19H,11H2,1-2H3,(H,30,31)/t17-,18+,19+,23?,24?/m1/s1. The summed E-state index contributed by atoms with van der Waals surface area (Å²) in [6.07, 6.45) is 0.163. The summed E-state index contributed by atoms with van der Waals surface area (Å²) in [6.45, 7) is 3.71. The molecule has 5 nitrogen and oxygen atoms in total. The Bertz CT molecular complexity index is 1020. The molecular formula is C24H21Cl2NO4. The molecule has 1 saturated heterocycles. The highest BCUT2D eigenvalue weighted by atomic mass is 35.5. The molecule has 3 atom stereocenters. The van der Waals surface area contributed by atoms with Crippen molar-refractivity contribution >= 4 is 41.0 Å². The van der Waals surface area contributed by atoms with Crippen LogP contribution in [0.5, 0.6) is 0 Å². The molecule has 1 N–H and O–H groups in total. The lowest BCUT2D eigenvalue weighted by Crippen LogP contribution is -2.57. The quantitative estimate of drug-likeness (QED) is 0.554. The van der Waals surface area contributed by atoms with Crippen molar-refractivity contribution in [3.8, 4) is 0 Å². The van der Waals surface area contributed by atoms with Gasteiger partial charge in [0.2, 0.25) is 11.8 Å². The van der Waals surface area contributed by atoms with Crippen LogP contribution in [-0.4, -0.2) is 33.8 Å².